The topological polar surface area (TPSA) is 37.3 Å². The van der Waals surface area contributed by atoms with Crippen LogP contribution < -0.4 is 0 Å². The number of rotatable bonds is 5. The van der Waals surface area contributed by atoms with E-state index in [1.165, 1.54) is 6.92 Å². The average Bonchev–Trinajstić information content (AvgIpc) is 2.57. The molecule has 164 valence electrons. The zero-order valence-electron chi connectivity index (χ0n) is 15.0. The first kappa shape index (κ1) is 24.8. The van der Waals surface area contributed by atoms with Gasteiger partial charge < -0.3 is 5.11 Å². The molecule has 1 N–H and O–H groups in total. The summed E-state index contributed by atoms with van der Waals surface area (Å²) in [6.07, 6.45) is -10.1. The minimum atomic E-state index is -4.97. The highest BCUT2D eigenvalue weighted by atomic mass is 79.9. The summed E-state index contributed by atoms with van der Waals surface area (Å²) in [6, 6.07) is 4.57. The van der Waals surface area contributed by atoms with Crippen molar-refractivity contribution in [3.05, 3.63) is 67.1 Å². The van der Waals surface area contributed by atoms with Crippen LogP contribution in [-0.2, 0) is 12.6 Å². The Kier molecular flexibility index (Phi) is 7.41. The predicted octanol–water partition coefficient (Wildman–Crippen LogP) is 8.00. The molecular formula is C19H13BrCl2F6O2. The molecule has 0 amide bonds. The Labute approximate surface area is 185 Å². The number of carboxylic acid groups (broad SMARTS) is 1. The number of benzene rings is 2. The van der Waals surface area contributed by atoms with Gasteiger partial charge >= 0.3 is 18.3 Å². The Morgan fingerprint density at radius 2 is 1.60 bits per heavy atom. The maximum Gasteiger partial charge on any atom is 0.417 e. The summed E-state index contributed by atoms with van der Waals surface area (Å²) in [4.78, 5) is 11.0. The van der Waals surface area contributed by atoms with Crippen LogP contribution in [0.15, 0.2) is 34.8 Å². The van der Waals surface area contributed by atoms with Crippen molar-refractivity contribution in [2.24, 2.45) is 5.92 Å². The summed E-state index contributed by atoms with van der Waals surface area (Å²) in [6.45, 7) is 1.24. The molecule has 0 aliphatic carbocycles. The molecule has 0 aliphatic rings. The van der Waals surface area contributed by atoms with Gasteiger partial charge in [0.15, 0.2) is 0 Å². The van der Waals surface area contributed by atoms with Crippen LogP contribution in [0.3, 0.4) is 0 Å². The van der Waals surface area contributed by atoms with Crippen molar-refractivity contribution in [1.82, 2.24) is 0 Å². The normalized spacial score (nSPS) is 14.5. The molecule has 2 aromatic rings. The van der Waals surface area contributed by atoms with E-state index in [0.29, 0.717) is 6.07 Å². The molecule has 0 bridgehead atoms. The molecule has 0 fully saturated rings. The molecule has 0 saturated carbocycles. The largest absolute Gasteiger partial charge is 0.478 e. The van der Waals surface area contributed by atoms with Crippen molar-refractivity contribution in [3.63, 3.8) is 0 Å². The van der Waals surface area contributed by atoms with Crippen molar-refractivity contribution in [2.75, 3.05) is 0 Å². The van der Waals surface area contributed by atoms with Gasteiger partial charge in [-0.05, 0) is 63.7 Å². The lowest BCUT2D eigenvalue weighted by atomic mass is 9.82. The predicted molar refractivity (Wildman–Crippen MR) is 104 cm³/mol. The summed E-state index contributed by atoms with van der Waals surface area (Å²) >= 11 is 14.9. The van der Waals surface area contributed by atoms with Crippen LogP contribution in [0.1, 0.15) is 39.9 Å². The Bertz CT molecular complexity index is 936. The highest BCUT2D eigenvalue weighted by Crippen LogP contribution is 2.45. The zero-order chi connectivity index (χ0) is 23.0. The van der Waals surface area contributed by atoms with Gasteiger partial charge in [0.25, 0.3) is 0 Å². The van der Waals surface area contributed by atoms with E-state index in [-0.39, 0.29) is 25.6 Å². The van der Waals surface area contributed by atoms with Gasteiger partial charge in [-0.2, -0.15) is 26.3 Å². The van der Waals surface area contributed by atoms with E-state index in [4.69, 9.17) is 28.3 Å². The van der Waals surface area contributed by atoms with Gasteiger partial charge in [0.1, 0.15) is 0 Å². The Morgan fingerprint density at radius 1 is 1.07 bits per heavy atom. The Balaban J connectivity index is 2.47. The molecule has 2 aromatic carbocycles. The highest BCUT2D eigenvalue weighted by molar-refractivity contribution is 9.10. The van der Waals surface area contributed by atoms with Crippen molar-refractivity contribution < 1.29 is 36.2 Å². The molecule has 0 heterocycles. The number of hydrogen-bond donors (Lipinski definition) is 1. The smallest absolute Gasteiger partial charge is 0.417 e. The third-order valence-corrected chi connectivity index (χ3v) is 6.37. The van der Waals surface area contributed by atoms with E-state index in [1.807, 2.05) is 0 Å². The molecule has 0 spiro atoms. The first-order valence-corrected chi connectivity index (χ1v) is 9.82. The molecule has 0 aromatic heterocycles. The van der Waals surface area contributed by atoms with E-state index in [2.05, 4.69) is 15.9 Å². The van der Waals surface area contributed by atoms with E-state index in [0.717, 1.165) is 24.3 Å². The Hall–Kier alpha value is -1.45. The van der Waals surface area contributed by atoms with Crippen molar-refractivity contribution >= 4 is 45.1 Å². The van der Waals surface area contributed by atoms with Crippen molar-refractivity contribution in [1.29, 1.82) is 0 Å². The van der Waals surface area contributed by atoms with Gasteiger partial charge in [-0.25, -0.2) is 4.79 Å². The summed E-state index contributed by atoms with van der Waals surface area (Å²) in [7, 11) is 0. The van der Waals surface area contributed by atoms with E-state index >= 15 is 0 Å². The fourth-order valence-electron chi connectivity index (χ4n) is 3.22. The highest BCUT2D eigenvalue weighted by Gasteiger charge is 2.44. The van der Waals surface area contributed by atoms with Gasteiger partial charge in [0, 0.05) is 0 Å². The van der Waals surface area contributed by atoms with E-state index in [9.17, 15) is 31.1 Å². The van der Waals surface area contributed by atoms with Crippen molar-refractivity contribution in [3.8, 4) is 0 Å². The number of alkyl halides is 6. The molecule has 2 atom stereocenters. The maximum atomic E-state index is 13.8. The summed E-state index contributed by atoms with van der Waals surface area (Å²) < 4.78 is 81.2. The van der Waals surface area contributed by atoms with Gasteiger partial charge in [0.05, 0.1) is 31.6 Å². The molecule has 0 saturated heterocycles. The molecule has 30 heavy (non-hydrogen) atoms. The number of aromatic carboxylic acids is 1. The number of halogens is 9. The summed E-state index contributed by atoms with van der Waals surface area (Å²) in [5, 5.41) is 8.87. The Morgan fingerprint density at radius 3 is 2.03 bits per heavy atom. The second-order valence-corrected chi connectivity index (χ2v) is 8.29. The number of carbonyl (C=O) groups is 1. The lowest BCUT2D eigenvalue weighted by Gasteiger charge is -2.28. The SMILES string of the molecule is CC(Cc1ccc(C(=O)O)c(C(F)(F)F)c1)C(c1cc(Cl)c(Br)c(Cl)c1)C(F)(F)F. The minimum Gasteiger partial charge on any atom is -0.478 e. The van der Waals surface area contributed by atoms with Crippen LogP contribution in [0, 0.1) is 5.92 Å². The van der Waals surface area contributed by atoms with Crippen LogP contribution in [-0.4, -0.2) is 17.3 Å². The summed E-state index contributed by atoms with van der Waals surface area (Å²) in [5.74, 6) is -5.04. The first-order valence-electron chi connectivity index (χ1n) is 8.27. The van der Waals surface area contributed by atoms with E-state index in [1.54, 1.807) is 0 Å². The second-order valence-electron chi connectivity index (χ2n) is 6.68. The number of carboxylic acids is 1. The molecule has 2 unspecified atom stereocenters. The standard InChI is InChI=1S/C19H13BrCl2F6O2/c1-8(4-9-2-3-11(17(29)30)12(5-9)18(23,24)25)15(19(26,27)28)10-6-13(21)16(20)14(22)7-10/h2-3,5-8,15H,4H2,1H3,(H,29,30). The molecule has 0 radical (unpaired) electrons. The van der Waals surface area contributed by atoms with Crippen LogP contribution in [0.25, 0.3) is 0 Å². The monoisotopic (exact) mass is 536 g/mol. The fourth-order valence-corrected chi connectivity index (χ4v) is 3.96. The van der Waals surface area contributed by atoms with Crippen LogP contribution in [0.5, 0.6) is 0 Å². The maximum absolute atomic E-state index is 13.8. The van der Waals surface area contributed by atoms with Gasteiger partial charge in [-0.1, -0.05) is 36.2 Å². The summed E-state index contributed by atoms with van der Waals surface area (Å²) in [5.41, 5.74) is -2.70. The zero-order valence-corrected chi connectivity index (χ0v) is 18.1. The van der Waals surface area contributed by atoms with Gasteiger partial charge in [-0.15, -0.1) is 0 Å². The molecular weight excluding hydrogens is 525 g/mol. The second kappa shape index (κ2) is 8.96. The first-order chi connectivity index (χ1) is 13.6. The third-order valence-electron chi connectivity index (χ3n) is 4.46. The quantitative estimate of drug-likeness (QED) is 0.310. The van der Waals surface area contributed by atoms with Crippen LogP contribution in [0.2, 0.25) is 10.0 Å². The molecule has 2 nitrogen and oxygen atoms in total. The third kappa shape index (κ3) is 5.62. The fraction of sp³-hybridized carbons (Fsp3) is 0.316. The van der Waals surface area contributed by atoms with Crippen LogP contribution in [0.4, 0.5) is 26.3 Å². The lowest BCUT2D eigenvalue weighted by Crippen LogP contribution is -2.28. The van der Waals surface area contributed by atoms with Crippen molar-refractivity contribution in [2.45, 2.75) is 31.6 Å². The van der Waals surface area contributed by atoms with Gasteiger partial charge in [-0.3, -0.25) is 0 Å². The lowest BCUT2D eigenvalue weighted by molar-refractivity contribution is -0.161. The molecule has 11 heteroatoms. The molecule has 2 rings (SSSR count). The average molecular weight is 538 g/mol. The van der Waals surface area contributed by atoms with Crippen LogP contribution >= 0.6 is 39.1 Å². The van der Waals surface area contributed by atoms with E-state index < -0.39 is 47.7 Å². The number of hydrogen-bond acceptors (Lipinski definition) is 1. The molecule has 0 aliphatic heterocycles. The van der Waals surface area contributed by atoms with Gasteiger partial charge in [0.2, 0.25) is 0 Å². The minimum absolute atomic E-state index is 0.0379.